The number of para-hydroxylation sites is 1. The van der Waals surface area contributed by atoms with Crippen LogP contribution in [0.15, 0.2) is 30.3 Å². The third kappa shape index (κ3) is 4.14. The van der Waals surface area contributed by atoms with E-state index in [-0.39, 0.29) is 18.6 Å². The second-order valence-corrected chi connectivity index (χ2v) is 7.67. The molecule has 0 saturated heterocycles. The van der Waals surface area contributed by atoms with Crippen molar-refractivity contribution in [3.05, 3.63) is 45.9 Å². The SMILES string of the molecule is CC[C@H](C)NC(=O)COC(=O)c1cc2c(C)nn(-c3ccccc3Cl)c2s1. The zero-order chi connectivity index (χ0) is 19.6. The zero-order valence-electron chi connectivity index (χ0n) is 15.3. The van der Waals surface area contributed by atoms with Crippen molar-refractivity contribution in [3.8, 4) is 5.69 Å². The highest BCUT2D eigenvalue weighted by Crippen LogP contribution is 2.32. The number of aryl methyl sites for hydroxylation is 1. The predicted octanol–water partition coefficient (Wildman–Crippen LogP) is 4.12. The molecule has 0 unspecified atom stereocenters. The zero-order valence-corrected chi connectivity index (χ0v) is 16.9. The molecule has 3 aromatic rings. The van der Waals surface area contributed by atoms with Gasteiger partial charge in [0, 0.05) is 11.4 Å². The van der Waals surface area contributed by atoms with Gasteiger partial charge >= 0.3 is 5.97 Å². The molecule has 0 bridgehead atoms. The summed E-state index contributed by atoms with van der Waals surface area (Å²) in [6.07, 6.45) is 0.813. The Hall–Kier alpha value is -2.38. The van der Waals surface area contributed by atoms with Gasteiger partial charge in [-0.15, -0.1) is 11.3 Å². The van der Waals surface area contributed by atoms with E-state index >= 15 is 0 Å². The van der Waals surface area contributed by atoms with E-state index in [9.17, 15) is 9.59 Å². The van der Waals surface area contributed by atoms with E-state index in [1.54, 1.807) is 16.8 Å². The van der Waals surface area contributed by atoms with Crippen LogP contribution >= 0.6 is 22.9 Å². The fourth-order valence-corrected chi connectivity index (χ4v) is 3.84. The number of nitrogens with zero attached hydrogens (tertiary/aromatic N) is 2. The number of carbonyl (C=O) groups excluding carboxylic acids is 2. The number of halogens is 1. The Morgan fingerprint density at radius 1 is 1.37 bits per heavy atom. The van der Waals surface area contributed by atoms with E-state index in [0.717, 1.165) is 28.0 Å². The molecule has 1 atom stereocenters. The highest BCUT2D eigenvalue weighted by Gasteiger charge is 2.19. The average molecular weight is 406 g/mol. The van der Waals surface area contributed by atoms with Crippen molar-refractivity contribution in [2.75, 3.05) is 6.61 Å². The highest BCUT2D eigenvalue weighted by atomic mass is 35.5. The van der Waals surface area contributed by atoms with Crippen molar-refractivity contribution in [2.45, 2.75) is 33.2 Å². The smallest absolute Gasteiger partial charge is 0.348 e. The van der Waals surface area contributed by atoms with Crippen LogP contribution in [0.1, 0.15) is 35.6 Å². The largest absolute Gasteiger partial charge is 0.451 e. The van der Waals surface area contributed by atoms with E-state index in [1.807, 2.05) is 39.0 Å². The standard InChI is InChI=1S/C19H20ClN3O3S/c1-4-11(2)21-17(24)10-26-19(25)16-9-13-12(3)22-23(18(13)27-16)15-8-6-5-7-14(15)20/h5-9,11H,4,10H2,1-3H3,(H,21,24)/t11-/m0/s1. The van der Waals surface area contributed by atoms with E-state index < -0.39 is 5.97 Å². The van der Waals surface area contributed by atoms with Gasteiger partial charge in [0.1, 0.15) is 9.71 Å². The van der Waals surface area contributed by atoms with Crippen molar-refractivity contribution in [3.63, 3.8) is 0 Å². The number of amides is 1. The van der Waals surface area contributed by atoms with Crippen LogP contribution in [0.2, 0.25) is 5.02 Å². The molecule has 27 heavy (non-hydrogen) atoms. The molecule has 0 aliphatic rings. The van der Waals surface area contributed by atoms with Gasteiger partial charge in [0.15, 0.2) is 6.61 Å². The Kier molecular flexibility index (Phi) is 5.82. The molecule has 3 rings (SSSR count). The number of nitrogens with one attached hydrogen (secondary N) is 1. The summed E-state index contributed by atoms with van der Waals surface area (Å²) < 4.78 is 6.87. The normalized spacial score (nSPS) is 12.1. The number of fused-ring (bicyclic) bond motifs is 1. The maximum Gasteiger partial charge on any atom is 0.348 e. The molecule has 2 heterocycles. The summed E-state index contributed by atoms with van der Waals surface area (Å²) in [4.78, 5) is 25.4. The van der Waals surface area contributed by atoms with Gasteiger partial charge in [-0.05, 0) is 38.5 Å². The first-order chi connectivity index (χ1) is 12.9. The molecular weight excluding hydrogens is 386 g/mol. The number of esters is 1. The van der Waals surface area contributed by atoms with Gasteiger partial charge in [0.2, 0.25) is 0 Å². The van der Waals surface area contributed by atoms with Gasteiger partial charge in [-0.25, -0.2) is 9.48 Å². The minimum atomic E-state index is -0.527. The quantitative estimate of drug-likeness (QED) is 0.626. The van der Waals surface area contributed by atoms with Crippen LogP contribution < -0.4 is 5.32 Å². The summed E-state index contributed by atoms with van der Waals surface area (Å²) in [6.45, 7) is 5.44. The van der Waals surface area contributed by atoms with Gasteiger partial charge in [-0.1, -0.05) is 30.7 Å². The maximum absolute atomic E-state index is 12.4. The molecule has 0 spiro atoms. The lowest BCUT2D eigenvalue weighted by Gasteiger charge is -2.11. The molecule has 8 heteroatoms. The summed E-state index contributed by atoms with van der Waals surface area (Å²) in [5.41, 5.74) is 1.53. The Morgan fingerprint density at radius 2 is 2.11 bits per heavy atom. The number of rotatable bonds is 6. The first kappa shape index (κ1) is 19.4. The first-order valence-electron chi connectivity index (χ1n) is 8.61. The molecule has 2 aromatic heterocycles. The average Bonchev–Trinajstić information content (AvgIpc) is 3.21. The van der Waals surface area contributed by atoms with Crippen LogP contribution in [0.3, 0.4) is 0 Å². The van der Waals surface area contributed by atoms with Crippen molar-refractivity contribution in [2.24, 2.45) is 0 Å². The van der Waals surface area contributed by atoms with E-state index in [2.05, 4.69) is 10.4 Å². The molecule has 1 N–H and O–H groups in total. The Morgan fingerprint density at radius 3 is 2.81 bits per heavy atom. The van der Waals surface area contributed by atoms with Gasteiger partial charge in [-0.3, -0.25) is 4.79 Å². The van der Waals surface area contributed by atoms with Crippen molar-refractivity contribution >= 4 is 45.0 Å². The van der Waals surface area contributed by atoms with Crippen molar-refractivity contribution in [1.29, 1.82) is 0 Å². The third-order valence-electron chi connectivity index (χ3n) is 4.18. The number of hydrogen-bond acceptors (Lipinski definition) is 5. The molecule has 6 nitrogen and oxygen atoms in total. The van der Waals surface area contributed by atoms with Gasteiger partial charge in [-0.2, -0.15) is 5.10 Å². The lowest BCUT2D eigenvalue weighted by molar-refractivity contribution is -0.124. The molecule has 0 radical (unpaired) electrons. The Bertz CT molecular complexity index is 995. The second-order valence-electron chi connectivity index (χ2n) is 6.23. The van der Waals surface area contributed by atoms with E-state index in [4.69, 9.17) is 16.3 Å². The molecule has 0 aliphatic carbocycles. The summed E-state index contributed by atoms with van der Waals surface area (Å²) in [5, 5.41) is 8.71. The molecule has 142 valence electrons. The van der Waals surface area contributed by atoms with Crippen molar-refractivity contribution in [1.82, 2.24) is 15.1 Å². The molecule has 0 aliphatic heterocycles. The summed E-state index contributed by atoms with van der Waals surface area (Å²) in [5.74, 6) is -0.835. The number of benzene rings is 1. The molecule has 0 saturated carbocycles. The molecule has 1 amide bonds. The number of ether oxygens (including phenoxy) is 1. The van der Waals surface area contributed by atoms with Crippen molar-refractivity contribution < 1.29 is 14.3 Å². The van der Waals surface area contributed by atoms with E-state index in [1.165, 1.54) is 11.3 Å². The highest BCUT2D eigenvalue weighted by molar-refractivity contribution is 7.20. The molecule has 1 aromatic carbocycles. The lowest BCUT2D eigenvalue weighted by atomic mass is 10.2. The minimum Gasteiger partial charge on any atom is -0.451 e. The van der Waals surface area contributed by atoms with Crippen LogP contribution in [0.25, 0.3) is 15.9 Å². The molecule has 0 fully saturated rings. The van der Waals surface area contributed by atoms with Gasteiger partial charge in [0.25, 0.3) is 5.91 Å². The number of aromatic nitrogens is 2. The first-order valence-corrected chi connectivity index (χ1v) is 9.80. The lowest BCUT2D eigenvalue weighted by Crippen LogP contribution is -2.35. The topological polar surface area (TPSA) is 73.2 Å². The Balaban J connectivity index is 1.81. The summed E-state index contributed by atoms with van der Waals surface area (Å²) >= 11 is 7.55. The van der Waals surface area contributed by atoms with Crippen LogP contribution in [0.5, 0.6) is 0 Å². The molecular formula is C19H20ClN3O3S. The second kappa shape index (κ2) is 8.10. The van der Waals surface area contributed by atoms with Gasteiger partial charge in [0.05, 0.1) is 16.4 Å². The van der Waals surface area contributed by atoms with Gasteiger partial charge < -0.3 is 10.1 Å². The fourth-order valence-electron chi connectivity index (χ4n) is 2.56. The monoisotopic (exact) mass is 405 g/mol. The Labute approximate surface area is 166 Å². The van der Waals surface area contributed by atoms with Crippen LogP contribution in [-0.2, 0) is 9.53 Å². The minimum absolute atomic E-state index is 0.0461. The fraction of sp³-hybridized carbons (Fsp3) is 0.316. The maximum atomic E-state index is 12.4. The van der Waals surface area contributed by atoms with E-state index in [0.29, 0.717) is 9.90 Å². The van der Waals surface area contributed by atoms with Crippen LogP contribution in [0.4, 0.5) is 0 Å². The predicted molar refractivity (Wildman–Crippen MR) is 107 cm³/mol. The van der Waals surface area contributed by atoms with Crippen LogP contribution in [0, 0.1) is 6.92 Å². The number of thiophene rings is 1. The van der Waals surface area contributed by atoms with Crippen LogP contribution in [-0.4, -0.2) is 34.3 Å². The number of carbonyl (C=O) groups is 2. The number of hydrogen-bond donors (Lipinski definition) is 1. The summed E-state index contributed by atoms with van der Waals surface area (Å²) in [7, 11) is 0. The third-order valence-corrected chi connectivity index (χ3v) is 5.59. The summed E-state index contributed by atoms with van der Waals surface area (Å²) in [6, 6.07) is 9.17.